The number of rotatable bonds is 5. The van der Waals surface area contributed by atoms with Gasteiger partial charge in [0.15, 0.2) is 0 Å². The summed E-state index contributed by atoms with van der Waals surface area (Å²) in [7, 11) is 1.88. The van der Waals surface area contributed by atoms with Crippen LogP contribution in [0.25, 0.3) is 0 Å². The fourth-order valence-electron chi connectivity index (χ4n) is 1.66. The van der Waals surface area contributed by atoms with E-state index in [9.17, 15) is 5.11 Å². The van der Waals surface area contributed by atoms with E-state index in [4.69, 9.17) is 0 Å². The number of hydrogen-bond acceptors (Lipinski definition) is 3. The summed E-state index contributed by atoms with van der Waals surface area (Å²) >= 11 is 5.10. The van der Waals surface area contributed by atoms with E-state index in [1.165, 1.54) is 0 Å². The van der Waals surface area contributed by atoms with Crippen molar-refractivity contribution in [3.63, 3.8) is 0 Å². The highest BCUT2D eigenvalue weighted by atomic mass is 79.9. The fourth-order valence-corrected chi connectivity index (χ4v) is 3.10. The van der Waals surface area contributed by atoms with Gasteiger partial charge in [-0.3, -0.25) is 4.68 Å². The molecule has 1 unspecified atom stereocenters. The van der Waals surface area contributed by atoms with E-state index in [1.54, 1.807) is 22.6 Å². The number of aryl methyl sites for hydroxylation is 1. The average molecular weight is 327 g/mol. The molecule has 0 saturated heterocycles. The van der Waals surface area contributed by atoms with Crippen molar-refractivity contribution in [2.45, 2.75) is 17.4 Å². The van der Waals surface area contributed by atoms with Crippen LogP contribution >= 0.6 is 27.7 Å². The van der Waals surface area contributed by atoms with Gasteiger partial charge in [-0.1, -0.05) is 22.0 Å². The van der Waals surface area contributed by atoms with Crippen molar-refractivity contribution in [1.29, 1.82) is 0 Å². The molecular formula is C13H15BrN2OS. The largest absolute Gasteiger partial charge is 0.392 e. The summed E-state index contributed by atoms with van der Waals surface area (Å²) in [4.78, 5) is 1.16. The summed E-state index contributed by atoms with van der Waals surface area (Å²) < 4.78 is 2.82. The molecule has 0 aliphatic carbocycles. The molecule has 0 spiro atoms. The monoisotopic (exact) mass is 326 g/mol. The predicted octanol–water partition coefficient (Wildman–Crippen LogP) is 2.88. The highest BCUT2D eigenvalue weighted by Gasteiger charge is 2.08. The molecule has 1 aromatic heterocycles. The minimum atomic E-state index is -0.349. The Balaban J connectivity index is 1.83. The summed E-state index contributed by atoms with van der Waals surface area (Å²) in [6.45, 7) is 0. The minimum absolute atomic E-state index is 0.349. The summed E-state index contributed by atoms with van der Waals surface area (Å²) in [5.41, 5.74) is 1.07. The lowest BCUT2D eigenvalue weighted by Gasteiger charge is -2.09. The van der Waals surface area contributed by atoms with Gasteiger partial charge in [0, 0.05) is 34.8 Å². The lowest BCUT2D eigenvalue weighted by molar-refractivity contribution is 0.200. The van der Waals surface area contributed by atoms with Gasteiger partial charge in [0.05, 0.1) is 12.3 Å². The molecule has 1 atom stereocenters. The van der Waals surface area contributed by atoms with E-state index in [1.807, 2.05) is 31.4 Å². The molecule has 0 fully saturated rings. The number of hydrogen-bond donors (Lipinski definition) is 1. The van der Waals surface area contributed by atoms with Gasteiger partial charge < -0.3 is 5.11 Å². The molecule has 0 radical (unpaired) electrons. The third-order valence-corrected chi connectivity index (χ3v) is 4.10. The van der Waals surface area contributed by atoms with Gasteiger partial charge in [-0.25, -0.2) is 0 Å². The average Bonchev–Trinajstić information content (AvgIpc) is 2.72. The lowest BCUT2D eigenvalue weighted by atomic mass is 10.2. The quantitative estimate of drug-likeness (QED) is 0.858. The molecule has 0 amide bonds. The molecule has 0 bridgehead atoms. The predicted molar refractivity (Wildman–Crippen MR) is 77.8 cm³/mol. The Kier molecular flexibility index (Phi) is 4.86. The van der Waals surface area contributed by atoms with Crippen molar-refractivity contribution in [3.8, 4) is 0 Å². The van der Waals surface area contributed by atoms with Crippen LogP contribution in [0.2, 0.25) is 0 Å². The Morgan fingerprint density at radius 3 is 3.00 bits per heavy atom. The van der Waals surface area contributed by atoms with E-state index < -0.39 is 0 Å². The first-order chi connectivity index (χ1) is 8.63. The van der Waals surface area contributed by atoms with Gasteiger partial charge in [-0.05, 0) is 23.8 Å². The first-order valence-corrected chi connectivity index (χ1v) is 7.45. The number of aliphatic hydroxyl groups excluding tert-OH is 1. The van der Waals surface area contributed by atoms with Crippen LogP contribution in [0.4, 0.5) is 0 Å². The molecule has 1 N–H and O–H groups in total. The van der Waals surface area contributed by atoms with Crippen molar-refractivity contribution in [2.75, 3.05) is 5.75 Å². The van der Waals surface area contributed by atoms with Gasteiger partial charge in [0.1, 0.15) is 0 Å². The number of thioether (sulfide) groups is 1. The highest BCUT2D eigenvalue weighted by Crippen LogP contribution is 2.23. The number of halogens is 1. The topological polar surface area (TPSA) is 38.0 Å². The maximum atomic E-state index is 9.97. The zero-order valence-electron chi connectivity index (χ0n) is 10.1. The van der Waals surface area contributed by atoms with Crippen LogP contribution in [0.1, 0.15) is 5.56 Å². The van der Waals surface area contributed by atoms with Crippen LogP contribution in [-0.2, 0) is 13.5 Å². The van der Waals surface area contributed by atoms with E-state index in [0.29, 0.717) is 12.2 Å². The smallest absolute Gasteiger partial charge is 0.0675 e. The third kappa shape index (κ3) is 4.15. The Morgan fingerprint density at radius 2 is 2.33 bits per heavy atom. The lowest BCUT2D eigenvalue weighted by Crippen LogP contribution is -2.13. The molecule has 0 aliphatic rings. The third-order valence-electron chi connectivity index (χ3n) is 2.47. The Bertz CT molecular complexity index is 515. The van der Waals surface area contributed by atoms with Crippen molar-refractivity contribution < 1.29 is 5.11 Å². The SMILES string of the molecule is Cn1cc(CC(O)CSc2cccc(Br)c2)cn1. The van der Waals surface area contributed by atoms with E-state index in [0.717, 1.165) is 14.9 Å². The summed E-state index contributed by atoms with van der Waals surface area (Å²) in [5, 5.41) is 14.1. The second-order valence-electron chi connectivity index (χ2n) is 4.15. The Hall–Kier alpha value is -0.780. The fraction of sp³-hybridized carbons (Fsp3) is 0.308. The number of nitrogens with zero attached hydrogens (tertiary/aromatic N) is 2. The standard InChI is InChI=1S/C13H15BrN2OS/c1-16-8-10(7-15-16)5-12(17)9-18-13-4-2-3-11(14)6-13/h2-4,6-8,12,17H,5,9H2,1H3. The number of aromatic nitrogens is 2. The van der Waals surface area contributed by atoms with E-state index in [2.05, 4.69) is 27.1 Å². The van der Waals surface area contributed by atoms with Crippen LogP contribution in [0, 0.1) is 0 Å². The number of aliphatic hydroxyl groups is 1. The molecule has 1 aromatic carbocycles. The molecule has 18 heavy (non-hydrogen) atoms. The van der Waals surface area contributed by atoms with Crippen molar-refractivity contribution in [3.05, 3.63) is 46.7 Å². The molecule has 96 valence electrons. The highest BCUT2D eigenvalue weighted by molar-refractivity contribution is 9.10. The second kappa shape index (κ2) is 6.41. The van der Waals surface area contributed by atoms with Crippen molar-refractivity contribution in [1.82, 2.24) is 9.78 Å². The summed E-state index contributed by atoms with van der Waals surface area (Å²) in [6.07, 6.45) is 4.03. The zero-order valence-corrected chi connectivity index (χ0v) is 12.5. The van der Waals surface area contributed by atoms with Crippen LogP contribution in [0.15, 0.2) is 46.0 Å². The zero-order chi connectivity index (χ0) is 13.0. The van der Waals surface area contributed by atoms with Crippen LogP contribution < -0.4 is 0 Å². The Labute approximate surface area is 119 Å². The molecule has 3 nitrogen and oxygen atoms in total. The first-order valence-electron chi connectivity index (χ1n) is 5.67. The van der Waals surface area contributed by atoms with Crippen LogP contribution in [-0.4, -0.2) is 26.7 Å². The van der Waals surface area contributed by atoms with Gasteiger partial charge in [-0.2, -0.15) is 5.10 Å². The normalized spacial score (nSPS) is 12.6. The summed E-state index contributed by atoms with van der Waals surface area (Å²) in [5.74, 6) is 0.686. The minimum Gasteiger partial charge on any atom is -0.392 e. The molecule has 1 heterocycles. The molecule has 2 rings (SSSR count). The van der Waals surface area contributed by atoms with Gasteiger partial charge >= 0.3 is 0 Å². The number of benzene rings is 1. The van der Waals surface area contributed by atoms with Gasteiger partial charge in [-0.15, -0.1) is 11.8 Å². The molecular weight excluding hydrogens is 312 g/mol. The second-order valence-corrected chi connectivity index (χ2v) is 6.16. The molecule has 0 saturated carbocycles. The van der Waals surface area contributed by atoms with Crippen LogP contribution in [0.3, 0.4) is 0 Å². The van der Waals surface area contributed by atoms with Crippen molar-refractivity contribution in [2.24, 2.45) is 7.05 Å². The van der Waals surface area contributed by atoms with E-state index >= 15 is 0 Å². The van der Waals surface area contributed by atoms with Crippen LogP contribution in [0.5, 0.6) is 0 Å². The molecule has 0 aliphatic heterocycles. The molecule has 5 heteroatoms. The van der Waals surface area contributed by atoms with Gasteiger partial charge in [0.2, 0.25) is 0 Å². The maximum Gasteiger partial charge on any atom is 0.0675 e. The Morgan fingerprint density at radius 1 is 1.50 bits per heavy atom. The summed E-state index contributed by atoms with van der Waals surface area (Å²) in [6, 6.07) is 8.10. The first kappa shape index (κ1) is 13.6. The maximum absolute atomic E-state index is 9.97. The van der Waals surface area contributed by atoms with Gasteiger partial charge in [0.25, 0.3) is 0 Å². The van der Waals surface area contributed by atoms with Crippen molar-refractivity contribution >= 4 is 27.7 Å². The van der Waals surface area contributed by atoms with E-state index in [-0.39, 0.29) is 6.10 Å². The molecule has 2 aromatic rings.